The quantitative estimate of drug-likeness (QED) is 0.655. The maximum atomic E-state index is 13.6. The van der Waals surface area contributed by atoms with Gasteiger partial charge in [0, 0.05) is 11.6 Å². The lowest BCUT2D eigenvalue weighted by molar-refractivity contribution is 0.406. The Hall–Kier alpha value is -1.06. The van der Waals surface area contributed by atoms with Crippen LogP contribution in [0.3, 0.4) is 0 Å². The molecule has 1 atom stereocenters. The van der Waals surface area contributed by atoms with Gasteiger partial charge in [-0.15, -0.1) is 11.6 Å². The third-order valence-corrected chi connectivity index (χ3v) is 4.46. The highest BCUT2D eigenvalue weighted by molar-refractivity contribution is 9.10. The Bertz CT molecular complexity index is 643. The number of benzene rings is 2. The first-order valence-electron chi connectivity index (χ1n) is 6.18. The van der Waals surface area contributed by atoms with E-state index >= 15 is 0 Å². The van der Waals surface area contributed by atoms with Gasteiger partial charge < -0.3 is 4.74 Å². The largest absolute Gasteiger partial charge is 0.496 e. The van der Waals surface area contributed by atoms with E-state index in [4.69, 9.17) is 16.3 Å². The second-order valence-electron chi connectivity index (χ2n) is 4.71. The molecule has 4 heteroatoms. The zero-order valence-corrected chi connectivity index (χ0v) is 13.8. The Morgan fingerprint density at radius 3 is 2.45 bits per heavy atom. The molecule has 20 heavy (non-hydrogen) atoms. The van der Waals surface area contributed by atoms with Crippen molar-refractivity contribution < 1.29 is 9.13 Å². The number of methoxy groups -OCH3 is 1. The summed E-state index contributed by atoms with van der Waals surface area (Å²) in [6.07, 6.45) is 0. The molecule has 0 heterocycles. The molecule has 0 aromatic heterocycles. The van der Waals surface area contributed by atoms with Crippen LogP contribution in [0.5, 0.6) is 5.75 Å². The average molecular weight is 358 g/mol. The predicted octanol–water partition coefficient (Wildman–Crippen LogP) is 5.54. The highest BCUT2D eigenvalue weighted by Crippen LogP contribution is 2.38. The van der Waals surface area contributed by atoms with Gasteiger partial charge in [0.25, 0.3) is 0 Å². The molecule has 1 nitrogen and oxygen atoms in total. The van der Waals surface area contributed by atoms with Crippen molar-refractivity contribution in [2.24, 2.45) is 0 Å². The van der Waals surface area contributed by atoms with E-state index in [0.717, 1.165) is 11.1 Å². The molecule has 106 valence electrons. The molecule has 0 spiro atoms. The monoisotopic (exact) mass is 356 g/mol. The van der Waals surface area contributed by atoms with Crippen molar-refractivity contribution in [3.05, 3.63) is 62.9 Å². The van der Waals surface area contributed by atoms with Crippen LogP contribution in [0.25, 0.3) is 0 Å². The summed E-state index contributed by atoms with van der Waals surface area (Å²) in [7, 11) is 1.51. The molecule has 2 aromatic carbocycles. The second-order valence-corrected chi connectivity index (χ2v) is 6.01. The first kappa shape index (κ1) is 15.3. The zero-order valence-electron chi connectivity index (χ0n) is 11.5. The van der Waals surface area contributed by atoms with Crippen molar-refractivity contribution >= 4 is 27.5 Å². The van der Waals surface area contributed by atoms with Crippen LogP contribution in [0.15, 0.2) is 34.8 Å². The van der Waals surface area contributed by atoms with E-state index in [1.54, 1.807) is 6.07 Å². The highest BCUT2D eigenvalue weighted by atomic mass is 79.9. The molecule has 0 radical (unpaired) electrons. The lowest BCUT2D eigenvalue weighted by atomic mass is 9.99. The Balaban J connectivity index is 2.49. The van der Waals surface area contributed by atoms with Gasteiger partial charge in [0.1, 0.15) is 11.6 Å². The molecule has 0 N–H and O–H groups in total. The molecule has 0 fully saturated rings. The summed E-state index contributed by atoms with van der Waals surface area (Å²) >= 11 is 9.73. The Morgan fingerprint density at radius 1 is 1.15 bits per heavy atom. The van der Waals surface area contributed by atoms with Crippen molar-refractivity contribution in [1.29, 1.82) is 0 Å². The highest BCUT2D eigenvalue weighted by Gasteiger charge is 2.18. The molecule has 0 saturated heterocycles. The van der Waals surface area contributed by atoms with E-state index in [2.05, 4.69) is 22.9 Å². The SMILES string of the molecule is COc1cc(F)c(Br)cc1C(Cl)c1ccc(C)c(C)c1. The van der Waals surface area contributed by atoms with Crippen LogP contribution in [0, 0.1) is 19.7 Å². The molecular weight excluding hydrogens is 343 g/mol. The number of rotatable bonds is 3. The van der Waals surface area contributed by atoms with E-state index in [-0.39, 0.29) is 11.2 Å². The summed E-state index contributed by atoms with van der Waals surface area (Å²) in [6.45, 7) is 4.09. The van der Waals surface area contributed by atoms with Gasteiger partial charge in [-0.05, 0) is 52.5 Å². The Kier molecular flexibility index (Phi) is 4.71. The Morgan fingerprint density at radius 2 is 1.85 bits per heavy atom. The van der Waals surface area contributed by atoms with Crippen LogP contribution < -0.4 is 4.74 Å². The molecule has 0 saturated carbocycles. The van der Waals surface area contributed by atoms with Crippen molar-refractivity contribution in [2.75, 3.05) is 7.11 Å². The maximum Gasteiger partial charge on any atom is 0.141 e. The predicted molar refractivity (Wildman–Crippen MR) is 84.3 cm³/mol. The number of halogens is 3. The molecular formula is C16H15BrClFO. The van der Waals surface area contributed by atoms with Crippen LogP contribution in [-0.4, -0.2) is 7.11 Å². The summed E-state index contributed by atoms with van der Waals surface area (Å²) in [6, 6.07) is 9.07. The number of hydrogen-bond acceptors (Lipinski definition) is 1. The van der Waals surface area contributed by atoms with Crippen LogP contribution in [0.4, 0.5) is 4.39 Å². The van der Waals surface area contributed by atoms with Gasteiger partial charge in [-0.1, -0.05) is 18.2 Å². The van der Waals surface area contributed by atoms with Gasteiger partial charge in [-0.25, -0.2) is 4.39 Å². The summed E-state index contributed by atoms with van der Waals surface area (Å²) in [4.78, 5) is 0. The zero-order chi connectivity index (χ0) is 14.9. The minimum Gasteiger partial charge on any atom is -0.496 e. The standard InChI is InChI=1S/C16H15BrClFO/c1-9-4-5-11(6-10(9)2)16(18)12-7-13(17)14(19)8-15(12)20-3/h4-8,16H,1-3H3. The first-order valence-corrected chi connectivity index (χ1v) is 7.41. The van der Waals surface area contributed by atoms with E-state index in [9.17, 15) is 4.39 Å². The fourth-order valence-corrected chi connectivity index (χ4v) is 2.69. The Labute approximate surface area is 131 Å². The molecule has 0 aliphatic rings. The van der Waals surface area contributed by atoms with Gasteiger partial charge >= 0.3 is 0 Å². The fraction of sp³-hybridized carbons (Fsp3) is 0.250. The average Bonchev–Trinajstić information content (AvgIpc) is 2.43. The van der Waals surface area contributed by atoms with Crippen molar-refractivity contribution in [1.82, 2.24) is 0 Å². The van der Waals surface area contributed by atoms with E-state index in [0.29, 0.717) is 10.2 Å². The smallest absolute Gasteiger partial charge is 0.141 e. The lowest BCUT2D eigenvalue weighted by Gasteiger charge is -2.16. The van der Waals surface area contributed by atoms with Crippen molar-refractivity contribution in [2.45, 2.75) is 19.2 Å². The van der Waals surface area contributed by atoms with Gasteiger partial charge in [-0.2, -0.15) is 0 Å². The summed E-state index contributed by atoms with van der Waals surface area (Å²) in [5.41, 5.74) is 4.09. The summed E-state index contributed by atoms with van der Waals surface area (Å²) in [5.74, 6) is 0.0819. The fourth-order valence-electron chi connectivity index (χ4n) is 2.02. The molecule has 0 amide bonds. The van der Waals surface area contributed by atoms with Crippen molar-refractivity contribution in [3.8, 4) is 5.75 Å². The van der Waals surface area contributed by atoms with Crippen LogP contribution >= 0.6 is 27.5 Å². The normalized spacial score (nSPS) is 12.3. The molecule has 2 aromatic rings. The molecule has 0 aliphatic carbocycles. The first-order chi connectivity index (χ1) is 9.43. The van der Waals surface area contributed by atoms with Crippen LogP contribution in [0.2, 0.25) is 0 Å². The van der Waals surface area contributed by atoms with E-state index in [1.165, 1.54) is 24.3 Å². The molecule has 2 rings (SSSR count). The molecule has 1 unspecified atom stereocenters. The maximum absolute atomic E-state index is 13.6. The van der Waals surface area contributed by atoms with Gasteiger partial charge in [0.2, 0.25) is 0 Å². The minimum atomic E-state index is -0.388. The molecule has 0 aliphatic heterocycles. The summed E-state index contributed by atoms with van der Waals surface area (Å²) in [5, 5.41) is -0.388. The topological polar surface area (TPSA) is 9.23 Å². The molecule has 0 bridgehead atoms. The number of aryl methyl sites for hydroxylation is 2. The third-order valence-electron chi connectivity index (χ3n) is 3.37. The van der Waals surface area contributed by atoms with Crippen LogP contribution in [-0.2, 0) is 0 Å². The number of ether oxygens (including phenoxy) is 1. The van der Waals surface area contributed by atoms with E-state index < -0.39 is 0 Å². The van der Waals surface area contributed by atoms with Gasteiger partial charge in [0.05, 0.1) is 17.0 Å². The number of hydrogen-bond donors (Lipinski definition) is 0. The van der Waals surface area contributed by atoms with Gasteiger partial charge in [0.15, 0.2) is 0 Å². The minimum absolute atomic E-state index is 0.366. The van der Waals surface area contributed by atoms with E-state index in [1.807, 2.05) is 25.1 Å². The second kappa shape index (κ2) is 6.15. The lowest BCUT2D eigenvalue weighted by Crippen LogP contribution is -2.00. The number of alkyl halides is 1. The third kappa shape index (κ3) is 2.99. The van der Waals surface area contributed by atoms with Gasteiger partial charge in [-0.3, -0.25) is 0 Å². The van der Waals surface area contributed by atoms with Crippen molar-refractivity contribution in [3.63, 3.8) is 0 Å². The van der Waals surface area contributed by atoms with Crippen LogP contribution in [0.1, 0.15) is 27.6 Å². The summed E-state index contributed by atoms with van der Waals surface area (Å²) < 4.78 is 19.2.